The molecule has 0 N–H and O–H groups in total. The van der Waals surface area contributed by atoms with Crippen LogP contribution in [0.15, 0.2) is 60.9 Å². The monoisotopic (exact) mass is 606 g/mol. The number of rotatable bonds is 2. The molecule has 2 aromatic heterocycles. The van der Waals surface area contributed by atoms with Crippen LogP contribution in [0.5, 0.6) is 0 Å². The van der Waals surface area contributed by atoms with E-state index in [0.717, 1.165) is 21.8 Å². The van der Waals surface area contributed by atoms with Crippen molar-refractivity contribution >= 4 is 45.7 Å². The zero-order valence-electron chi connectivity index (χ0n) is 24.6. The number of carbonyl (C=O) groups excluding carboxylic acids is 4. The molecule has 0 saturated carbocycles. The van der Waals surface area contributed by atoms with Crippen LogP contribution in [0.3, 0.4) is 0 Å². The molecule has 232 valence electrons. The number of carbonyl (C=O) groups is 4. The first-order valence-corrected chi connectivity index (χ1v) is 14.3. The number of cyclic esters (lactones) is 4. The zero-order valence-corrected chi connectivity index (χ0v) is 24.6. The fraction of sp³-hybridized carbons (Fsp3) is 0.375. The second kappa shape index (κ2) is 14.2. The van der Waals surface area contributed by atoms with Crippen LogP contribution in [-0.4, -0.2) is 85.9 Å². The Kier molecular flexibility index (Phi) is 9.93. The number of hydrogen-bond donors (Lipinski definition) is 0. The summed E-state index contributed by atoms with van der Waals surface area (Å²) in [7, 11) is 3.64. The van der Waals surface area contributed by atoms with Gasteiger partial charge in [-0.2, -0.15) is 0 Å². The number of para-hydroxylation sites is 2. The number of fused-ring (bicyclic) bond motifs is 2. The quantitative estimate of drug-likeness (QED) is 0.191. The highest BCUT2D eigenvalue weighted by Gasteiger charge is 2.35. The van der Waals surface area contributed by atoms with Crippen molar-refractivity contribution < 1.29 is 47.6 Å². The highest BCUT2D eigenvalue weighted by molar-refractivity contribution is 6.05. The molecule has 12 heteroatoms. The van der Waals surface area contributed by atoms with Crippen LogP contribution in [0.25, 0.3) is 21.8 Å². The second-order valence-corrected chi connectivity index (χ2v) is 10.2. The fourth-order valence-electron chi connectivity index (χ4n) is 5.25. The molecular formula is C32H34N2O10. The third-order valence-corrected chi connectivity index (χ3v) is 7.31. The number of aryl methyl sites for hydroxylation is 2. The van der Waals surface area contributed by atoms with Crippen molar-refractivity contribution in [2.45, 2.75) is 11.8 Å². The minimum absolute atomic E-state index is 0.0107. The van der Waals surface area contributed by atoms with Gasteiger partial charge < -0.3 is 37.6 Å². The van der Waals surface area contributed by atoms with E-state index in [4.69, 9.17) is 28.4 Å². The molecule has 1 aliphatic rings. The average molecular weight is 607 g/mol. The molecule has 0 aliphatic carbocycles. The molecule has 0 unspecified atom stereocenters. The smallest absolute Gasteiger partial charge is 0.325 e. The highest BCUT2D eigenvalue weighted by Crippen LogP contribution is 2.31. The Morgan fingerprint density at radius 2 is 0.818 bits per heavy atom. The maximum atomic E-state index is 13.2. The van der Waals surface area contributed by atoms with Gasteiger partial charge in [0.25, 0.3) is 0 Å². The molecule has 12 nitrogen and oxygen atoms in total. The summed E-state index contributed by atoms with van der Waals surface area (Å²) in [5.74, 6) is -5.75. The number of hydrogen-bond acceptors (Lipinski definition) is 10. The zero-order chi connectivity index (χ0) is 31.1. The van der Waals surface area contributed by atoms with E-state index in [9.17, 15) is 19.2 Å². The van der Waals surface area contributed by atoms with Gasteiger partial charge >= 0.3 is 23.9 Å². The second-order valence-electron chi connectivity index (χ2n) is 10.2. The molecule has 2 aromatic carbocycles. The van der Waals surface area contributed by atoms with E-state index in [0.29, 0.717) is 11.1 Å². The van der Waals surface area contributed by atoms with Gasteiger partial charge in [0.15, 0.2) is 11.8 Å². The Morgan fingerprint density at radius 1 is 0.500 bits per heavy atom. The summed E-state index contributed by atoms with van der Waals surface area (Å²) in [6, 6.07) is 14.8. The number of nitrogens with zero attached hydrogens (tertiary/aromatic N) is 2. The van der Waals surface area contributed by atoms with E-state index >= 15 is 0 Å². The van der Waals surface area contributed by atoms with Crippen molar-refractivity contribution in [1.29, 1.82) is 0 Å². The summed E-state index contributed by atoms with van der Waals surface area (Å²) < 4.78 is 36.2. The standard InChI is InChI=1S/C32H34N2O10/c1-33-19-23(21-7-3-5-9-25(21)33)27-29(35)41-15-11-39-13-17-43-31(37)28(24-20-34(2)26-10-6-4-8-22(24)26)32(38)44-18-14-40-12-16-42-30(27)36/h3-10,19-20,27-28H,11-18H2,1-2H3. The van der Waals surface area contributed by atoms with E-state index in [1.165, 1.54) is 0 Å². The van der Waals surface area contributed by atoms with Crippen molar-refractivity contribution in [3.8, 4) is 0 Å². The van der Waals surface area contributed by atoms with Crippen molar-refractivity contribution in [3.05, 3.63) is 72.1 Å². The molecule has 0 spiro atoms. The molecule has 5 rings (SSSR count). The summed E-state index contributed by atoms with van der Waals surface area (Å²) in [6.45, 7) is -0.617. The Bertz CT molecular complexity index is 1490. The molecular weight excluding hydrogens is 572 g/mol. The van der Waals surface area contributed by atoms with Gasteiger partial charge in [-0.05, 0) is 12.1 Å². The van der Waals surface area contributed by atoms with Crippen LogP contribution in [-0.2, 0) is 61.7 Å². The molecule has 1 aliphatic heterocycles. The minimum Gasteiger partial charge on any atom is -0.462 e. The molecule has 1 saturated heterocycles. The summed E-state index contributed by atoms with van der Waals surface area (Å²) in [6.07, 6.45) is 3.41. The van der Waals surface area contributed by atoms with E-state index in [1.54, 1.807) is 12.4 Å². The minimum atomic E-state index is -1.32. The summed E-state index contributed by atoms with van der Waals surface area (Å²) >= 11 is 0. The number of benzene rings is 2. The van der Waals surface area contributed by atoms with Crippen LogP contribution in [0, 0.1) is 0 Å². The first-order chi connectivity index (χ1) is 21.4. The van der Waals surface area contributed by atoms with Gasteiger partial charge in [0, 0.05) is 59.4 Å². The molecule has 44 heavy (non-hydrogen) atoms. The van der Waals surface area contributed by atoms with Crippen molar-refractivity contribution in [1.82, 2.24) is 9.13 Å². The van der Waals surface area contributed by atoms with Crippen LogP contribution in [0.4, 0.5) is 0 Å². The lowest BCUT2D eigenvalue weighted by atomic mass is 9.98. The van der Waals surface area contributed by atoms with Gasteiger partial charge in [-0.25, -0.2) is 0 Å². The van der Waals surface area contributed by atoms with Gasteiger partial charge in [-0.15, -0.1) is 0 Å². The number of ether oxygens (including phenoxy) is 6. The van der Waals surface area contributed by atoms with Crippen molar-refractivity contribution in [2.75, 3.05) is 52.9 Å². The molecule has 0 bridgehead atoms. The SMILES string of the molecule is Cn1cc(C2C(=O)OCCOCCOC(=O)C(c3cn(C)c4ccccc34)C(=O)OCCOCCOC2=O)c2ccccc21. The average Bonchev–Trinajstić information content (AvgIpc) is 3.52. The van der Waals surface area contributed by atoms with Crippen LogP contribution in [0.1, 0.15) is 23.0 Å². The third-order valence-electron chi connectivity index (χ3n) is 7.31. The van der Waals surface area contributed by atoms with E-state index in [1.807, 2.05) is 71.8 Å². The maximum Gasteiger partial charge on any atom is 0.325 e. The highest BCUT2D eigenvalue weighted by atomic mass is 16.6. The Morgan fingerprint density at radius 3 is 1.16 bits per heavy atom. The first-order valence-electron chi connectivity index (χ1n) is 14.3. The molecule has 4 aromatic rings. The maximum absolute atomic E-state index is 13.2. The normalized spacial score (nSPS) is 20.5. The summed E-state index contributed by atoms with van der Waals surface area (Å²) in [5, 5.41) is 1.45. The predicted octanol–water partition coefficient (Wildman–Crippen LogP) is 2.76. The third kappa shape index (κ3) is 6.76. The molecule has 3 heterocycles. The fourth-order valence-corrected chi connectivity index (χ4v) is 5.25. The van der Waals surface area contributed by atoms with Gasteiger partial charge in [0.1, 0.15) is 26.4 Å². The lowest BCUT2D eigenvalue weighted by Gasteiger charge is -2.17. The van der Waals surface area contributed by atoms with Gasteiger partial charge in [0.05, 0.1) is 26.4 Å². The van der Waals surface area contributed by atoms with Crippen LogP contribution in [0.2, 0.25) is 0 Å². The largest absolute Gasteiger partial charge is 0.462 e. The predicted molar refractivity (Wildman–Crippen MR) is 157 cm³/mol. The van der Waals surface area contributed by atoms with Crippen LogP contribution < -0.4 is 0 Å². The van der Waals surface area contributed by atoms with Gasteiger partial charge in [-0.3, -0.25) is 19.2 Å². The number of aromatic nitrogens is 2. The van der Waals surface area contributed by atoms with Gasteiger partial charge in [0.2, 0.25) is 0 Å². The Balaban J connectivity index is 1.28. The summed E-state index contributed by atoms with van der Waals surface area (Å²) in [4.78, 5) is 52.6. The van der Waals surface area contributed by atoms with Crippen LogP contribution >= 0.6 is 0 Å². The Labute approximate surface area is 253 Å². The molecule has 1 fully saturated rings. The molecule has 0 radical (unpaired) electrons. The summed E-state index contributed by atoms with van der Waals surface area (Å²) in [5.41, 5.74) is 2.60. The lowest BCUT2D eigenvalue weighted by molar-refractivity contribution is -0.159. The van der Waals surface area contributed by atoms with E-state index < -0.39 is 35.7 Å². The van der Waals surface area contributed by atoms with Gasteiger partial charge in [-0.1, -0.05) is 36.4 Å². The lowest BCUT2D eigenvalue weighted by Crippen LogP contribution is -2.29. The molecule has 0 amide bonds. The van der Waals surface area contributed by atoms with E-state index in [2.05, 4.69) is 0 Å². The number of esters is 4. The van der Waals surface area contributed by atoms with Crippen molar-refractivity contribution in [3.63, 3.8) is 0 Å². The molecule has 0 atom stereocenters. The Hall–Kier alpha value is -4.68. The topological polar surface area (TPSA) is 134 Å². The van der Waals surface area contributed by atoms with E-state index in [-0.39, 0.29) is 52.9 Å². The first kappa shape index (κ1) is 30.8. The van der Waals surface area contributed by atoms with Crippen molar-refractivity contribution in [2.24, 2.45) is 14.1 Å².